The van der Waals surface area contributed by atoms with Crippen LogP contribution in [-0.2, 0) is 0 Å². The van der Waals surface area contributed by atoms with Gasteiger partial charge in [0.1, 0.15) is 5.82 Å². The summed E-state index contributed by atoms with van der Waals surface area (Å²) in [4.78, 5) is 14.0. The summed E-state index contributed by atoms with van der Waals surface area (Å²) in [5.41, 5.74) is 2.37. The summed E-state index contributed by atoms with van der Waals surface area (Å²) in [7, 11) is 0. The van der Waals surface area contributed by atoms with Crippen LogP contribution in [-0.4, -0.2) is 16.6 Å². The van der Waals surface area contributed by atoms with Gasteiger partial charge in [0.2, 0.25) is 0 Å². The van der Waals surface area contributed by atoms with Gasteiger partial charge in [-0.3, -0.25) is 4.79 Å². The standard InChI is InChI=1S/C20H15FN2OS/c21-16-10-8-15(9-11-16)20(24)23-18(14-5-2-1-3-6-14)13-17(22-23)19-7-4-12-25-19/h1-12,18H,13H2/t18-/m1/s1. The molecular formula is C20H15FN2OS. The lowest BCUT2D eigenvalue weighted by atomic mass is 10.0. The fourth-order valence-corrected chi connectivity index (χ4v) is 3.67. The van der Waals surface area contributed by atoms with E-state index < -0.39 is 0 Å². The van der Waals surface area contributed by atoms with Crippen molar-refractivity contribution in [1.82, 2.24) is 5.01 Å². The quantitative estimate of drug-likeness (QED) is 0.663. The molecule has 0 aliphatic carbocycles. The van der Waals surface area contributed by atoms with Crippen LogP contribution in [0.15, 0.2) is 77.2 Å². The van der Waals surface area contributed by atoms with Crippen LogP contribution in [0.3, 0.4) is 0 Å². The number of nitrogens with zero attached hydrogens (tertiary/aromatic N) is 2. The smallest absolute Gasteiger partial charge is 0.267 e. The molecule has 1 aliphatic heterocycles. The number of benzene rings is 2. The number of thiophene rings is 1. The van der Waals surface area contributed by atoms with Gasteiger partial charge in [0, 0.05) is 12.0 Å². The highest BCUT2D eigenvalue weighted by Crippen LogP contribution is 2.34. The van der Waals surface area contributed by atoms with Crippen LogP contribution < -0.4 is 0 Å². The first-order valence-electron chi connectivity index (χ1n) is 7.98. The number of rotatable bonds is 3. The molecule has 0 spiro atoms. The second-order valence-corrected chi connectivity index (χ2v) is 6.76. The van der Waals surface area contributed by atoms with Crippen LogP contribution in [0, 0.1) is 5.82 Å². The van der Waals surface area contributed by atoms with E-state index in [1.165, 1.54) is 29.3 Å². The highest BCUT2D eigenvalue weighted by molar-refractivity contribution is 7.12. The molecule has 0 fully saturated rings. The van der Waals surface area contributed by atoms with Crippen molar-refractivity contribution in [2.24, 2.45) is 5.10 Å². The van der Waals surface area contributed by atoms with E-state index in [9.17, 15) is 9.18 Å². The average Bonchev–Trinajstić information content (AvgIpc) is 3.32. The summed E-state index contributed by atoms with van der Waals surface area (Å²) >= 11 is 1.61. The zero-order valence-corrected chi connectivity index (χ0v) is 14.1. The molecule has 0 radical (unpaired) electrons. The van der Waals surface area contributed by atoms with Gasteiger partial charge in [-0.25, -0.2) is 9.40 Å². The maximum atomic E-state index is 13.2. The predicted molar refractivity (Wildman–Crippen MR) is 97.2 cm³/mol. The highest BCUT2D eigenvalue weighted by Gasteiger charge is 2.33. The van der Waals surface area contributed by atoms with E-state index in [0.717, 1.165) is 16.2 Å². The summed E-state index contributed by atoms with van der Waals surface area (Å²) in [5, 5.41) is 8.13. The third-order valence-corrected chi connectivity index (χ3v) is 5.12. The molecule has 0 saturated heterocycles. The van der Waals surface area contributed by atoms with Crippen LogP contribution in [0.5, 0.6) is 0 Å². The number of carbonyl (C=O) groups excluding carboxylic acids is 1. The summed E-state index contributed by atoms with van der Waals surface area (Å²) < 4.78 is 13.2. The van der Waals surface area contributed by atoms with E-state index in [1.807, 2.05) is 47.8 Å². The zero-order chi connectivity index (χ0) is 17.2. The van der Waals surface area contributed by atoms with Gasteiger partial charge < -0.3 is 0 Å². The Morgan fingerprint density at radius 2 is 1.80 bits per heavy atom. The second kappa shape index (κ2) is 6.61. The topological polar surface area (TPSA) is 32.7 Å². The van der Waals surface area contributed by atoms with Crippen molar-refractivity contribution in [2.45, 2.75) is 12.5 Å². The number of carbonyl (C=O) groups is 1. The Morgan fingerprint density at radius 1 is 1.04 bits per heavy atom. The van der Waals surface area contributed by atoms with E-state index in [2.05, 4.69) is 5.10 Å². The Morgan fingerprint density at radius 3 is 2.48 bits per heavy atom. The van der Waals surface area contributed by atoms with Crippen LogP contribution in [0.25, 0.3) is 0 Å². The van der Waals surface area contributed by atoms with Gasteiger partial charge in [0.25, 0.3) is 5.91 Å². The van der Waals surface area contributed by atoms with Crippen LogP contribution in [0.1, 0.15) is 33.3 Å². The van der Waals surface area contributed by atoms with Crippen LogP contribution in [0.4, 0.5) is 4.39 Å². The molecule has 0 unspecified atom stereocenters. The van der Waals surface area contributed by atoms with Gasteiger partial charge in [-0.05, 0) is 41.3 Å². The Labute approximate surface area is 149 Å². The maximum Gasteiger partial charge on any atom is 0.274 e. The number of halogens is 1. The first-order chi connectivity index (χ1) is 12.2. The normalized spacial score (nSPS) is 16.8. The number of amides is 1. The van der Waals surface area contributed by atoms with Gasteiger partial charge in [-0.2, -0.15) is 5.10 Å². The molecule has 5 heteroatoms. The molecule has 124 valence electrons. The van der Waals surface area contributed by atoms with E-state index in [0.29, 0.717) is 12.0 Å². The number of hydrazone groups is 1. The average molecular weight is 350 g/mol. The summed E-state index contributed by atoms with van der Waals surface area (Å²) in [5.74, 6) is -0.583. The fourth-order valence-electron chi connectivity index (χ4n) is 2.95. The number of hydrogen-bond donors (Lipinski definition) is 0. The lowest BCUT2D eigenvalue weighted by molar-refractivity contribution is 0.0711. The Bertz CT molecular complexity index is 905. The van der Waals surface area contributed by atoms with Crippen molar-refractivity contribution in [2.75, 3.05) is 0 Å². The van der Waals surface area contributed by atoms with E-state index in [4.69, 9.17) is 0 Å². The molecule has 0 saturated carbocycles. The van der Waals surface area contributed by atoms with Gasteiger partial charge >= 0.3 is 0 Å². The minimum absolute atomic E-state index is 0.157. The van der Waals surface area contributed by atoms with Gasteiger partial charge in [0.05, 0.1) is 16.6 Å². The minimum atomic E-state index is -0.361. The van der Waals surface area contributed by atoms with E-state index >= 15 is 0 Å². The highest BCUT2D eigenvalue weighted by atomic mass is 32.1. The van der Waals surface area contributed by atoms with Crippen LogP contribution in [0.2, 0.25) is 0 Å². The third kappa shape index (κ3) is 3.10. The van der Waals surface area contributed by atoms with E-state index in [1.54, 1.807) is 11.3 Å². The molecule has 1 aromatic heterocycles. The lowest BCUT2D eigenvalue weighted by Gasteiger charge is -2.22. The van der Waals surface area contributed by atoms with Gasteiger partial charge in [0.15, 0.2) is 0 Å². The molecule has 3 aromatic rings. The Hall–Kier alpha value is -2.79. The molecular weight excluding hydrogens is 335 g/mol. The van der Waals surface area contributed by atoms with Crippen molar-refractivity contribution in [3.05, 3.63) is 93.9 Å². The van der Waals surface area contributed by atoms with Gasteiger partial charge in [-0.15, -0.1) is 11.3 Å². The van der Waals surface area contributed by atoms with Crippen molar-refractivity contribution >= 4 is 23.0 Å². The predicted octanol–water partition coefficient (Wildman–Crippen LogP) is 4.88. The molecule has 4 rings (SSSR count). The molecule has 25 heavy (non-hydrogen) atoms. The first-order valence-corrected chi connectivity index (χ1v) is 8.86. The summed E-state index contributed by atoms with van der Waals surface area (Å²) in [6, 6.07) is 19.3. The van der Waals surface area contributed by atoms with Gasteiger partial charge in [-0.1, -0.05) is 36.4 Å². The molecule has 2 aromatic carbocycles. The molecule has 0 bridgehead atoms. The SMILES string of the molecule is O=C(c1ccc(F)cc1)N1N=C(c2cccs2)C[C@@H]1c1ccccc1. The maximum absolute atomic E-state index is 13.2. The molecule has 3 nitrogen and oxygen atoms in total. The van der Waals surface area contributed by atoms with E-state index in [-0.39, 0.29) is 17.8 Å². The lowest BCUT2D eigenvalue weighted by Crippen LogP contribution is -2.27. The summed E-state index contributed by atoms with van der Waals surface area (Å²) in [6.45, 7) is 0. The molecule has 0 N–H and O–H groups in total. The molecule has 1 atom stereocenters. The van der Waals surface area contributed by atoms with Crippen molar-refractivity contribution < 1.29 is 9.18 Å². The molecule has 1 aliphatic rings. The second-order valence-electron chi connectivity index (χ2n) is 5.81. The first kappa shape index (κ1) is 15.7. The largest absolute Gasteiger partial charge is 0.274 e. The fraction of sp³-hybridized carbons (Fsp3) is 0.100. The Balaban J connectivity index is 1.71. The molecule has 2 heterocycles. The number of hydrogen-bond acceptors (Lipinski definition) is 3. The zero-order valence-electron chi connectivity index (χ0n) is 13.3. The minimum Gasteiger partial charge on any atom is -0.267 e. The van der Waals surface area contributed by atoms with Crippen molar-refractivity contribution in [1.29, 1.82) is 0 Å². The Kier molecular flexibility index (Phi) is 4.15. The van der Waals surface area contributed by atoms with Crippen LogP contribution >= 0.6 is 11.3 Å². The van der Waals surface area contributed by atoms with Crippen molar-refractivity contribution in [3.8, 4) is 0 Å². The van der Waals surface area contributed by atoms with Crippen molar-refractivity contribution in [3.63, 3.8) is 0 Å². The summed E-state index contributed by atoms with van der Waals surface area (Å²) in [6.07, 6.45) is 0.664. The monoisotopic (exact) mass is 350 g/mol. The molecule has 1 amide bonds. The third-order valence-electron chi connectivity index (χ3n) is 4.20.